The largest absolute Gasteiger partial charge is 0.492 e. The van der Waals surface area contributed by atoms with E-state index in [9.17, 15) is 8.42 Å². The summed E-state index contributed by atoms with van der Waals surface area (Å²) < 4.78 is 28.2. The maximum Gasteiger partial charge on any atom is 0.150 e. The summed E-state index contributed by atoms with van der Waals surface area (Å²) in [6, 6.07) is 7.38. The fourth-order valence-corrected chi connectivity index (χ4v) is 2.34. The van der Waals surface area contributed by atoms with Gasteiger partial charge < -0.3 is 4.74 Å². The lowest BCUT2D eigenvalue weighted by Crippen LogP contribution is -2.12. The number of hydrogen-bond acceptors (Lipinski definition) is 3. The van der Waals surface area contributed by atoms with Crippen LogP contribution in [-0.2, 0) is 9.84 Å². The molecule has 1 aromatic rings. The molecule has 0 aliphatic rings. The van der Waals surface area contributed by atoms with Gasteiger partial charge in [0.15, 0.2) is 0 Å². The van der Waals surface area contributed by atoms with Crippen LogP contribution in [0.2, 0.25) is 0 Å². The molecular weight excluding hydrogens is 284 g/mol. The predicted octanol–water partition coefficient (Wildman–Crippen LogP) is 2.48. The molecule has 1 rings (SSSR count). The van der Waals surface area contributed by atoms with Crippen molar-refractivity contribution in [2.24, 2.45) is 0 Å². The summed E-state index contributed by atoms with van der Waals surface area (Å²) in [6.45, 7) is 2.01. The van der Waals surface area contributed by atoms with Crippen LogP contribution in [0.4, 0.5) is 0 Å². The molecule has 5 heteroatoms. The minimum Gasteiger partial charge on any atom is -0.492 e. The van der Waals surface area contributed by atoms with E-state index in [1.165, 1.54) is 0 Å². The fourth-order valence-electron chi connectivity index (χ4n) is 1.43. The summed E-state index contributed by atoms with van der Waals surface area (Å²) in [7, 11) is -2.92. The van der Waals surface area contributed by atoms with Gasteiger partial charge in [0.1, 0.15) is 15.6 Å². The van der Waals surface area contributed by atoms with Gasteiger partial charge in [-0.05, 0) is 18.6 Å². The number of sulfone groups is 1. The van der Waals surface area contributed by atoms with Crippen LogP contribution in [0.1, 0.15) is 18.9 Å². The van der Waals surface area contributed by atoms with Crippen molar-refractivity contribution in [3.05, 3.63) is 29.8 Å². The number of alkyl halides is 1. The first-order valence-electron chi connectivity index (χ1n) is 6.06. The molecule has 0 bridgehead atoms. The molecule has 0 aliphatic carbocycles. The smallest absolute Gasteiger partial charge is 0.150 e. The molecule has 0 saturated heterocycles. The molecule has 0 heterocycles. The molecule has 1 aromatic carbocycles. The normalized spacial score (nSPS) is 10.6. The SMILES string of the molecule is CCS(=O)(=O)CCCOc1ccccc1C#CCCl. The predicted molar refractivity (Wildman–Crippen MR) is 78.5 cm³/mol. The number of halogens is 1. The third-order valence-corrected chi connectivity index (χ3v) is 4.40. The summed E-state index contributed by atoms with van der Waals surface area (Å²) in [4.78, 5) is 0. The summed E-state index contributed by atoms with van der Waals surface area (Å²) >= 11 is 5.52. The number of rotatable bonds is 6. The summed E-state index contributed by atoms with van der Waals surface area (Å²) in [5.74, 6) is 6.93. The van der Waals surface area contributed by atoms with Crippen LogP contribution in [0, 0.1) is 11.8 Å². The third-order valence-electron chi connectivity index (χ3n) is 2.47. The molecule has 0 atom stereocenters. The molecule has 104 valence electrons. The van der Waals surface area contributed by atoms with E-state index in [4.69, 9.17) is 16.3 Å². The van der Waals surface area contributed by atoms with Gasteiger partial charge in [-0.15, -0.1) is 11.6 Å². The van der Waals surface area contributed by atoms with Gasteiger partial charge in [0.25, 0.3) is 0 Å². The zero-order valence-electron chi connectivity index (χ0n) is 10.9. The standard InChI is InChI=1S/C14H17ClO3S/c1-2-19(16,17)12-6-11-18-14-9-4-3-7-13(14)8-5-10-15/h3-4,7,9H,2,6,10-12H2,1H3. The van der Waals surface area contributed by atoms with Gasteiger partial charge in [-0.3, -0.25) is 0 Å². The van der Waals surface area contributed by atoms with Gasteiger partial charge in [0.05, 0.1) is 23.8 Å². The van der Waals surface area contributed by atoms with Crippen molar-refractivity contribution in [3.8, 4) is 17.6 Å². The van der Waals surface area contributed by atoms with E-state index in [-0.39, 0.29) is 17.4 Å². The van der Waals surface area contributed by atoms with E-state index in [0.29, 0.717) is 18.8 Å². The molecule has 19 heavy (non-hydrogen) atoms. The molecule has 0 amide bonds. The first-order valence-corrected chi connectivity index (χ1v) is 8.41. The quantitative estimate of drug-likeness (QED) is 0.460. The van der Waals surface area contributed by atoms with E-state index in [0.717, 1.165) is 5.56 Å². The van der Waals surface area contributed by atoms with Crippen LogP contribution in [0.15, 0.2) is 24.3 Å². The average Bonchev–Trinajstić information content (AvgIpc) is 2.42. The second kappa shape index (κ2) is 8.08. The highest BCUT2D eigenvalue weighted by atomic mass is 35.5. The van der Waals surface area contributed by atoms with Gasteiger partial charge in [-0.1, -0.05) is 30.9 Å². The fraction of sp³-hybridized carbons (Fsp3) is 0.429. The summed E-state index contributed by atoms with van der Waals surface area (Å²) in [5, 5.41) is 0. The Hall–Kier alpha value is -1.18. The lowest BCUT2D eigenvalue weighted by atomic mass is 10.2. The maximum atomic E-state index is 11.3. The van der Waals surface area contributed by atoms with Crippen LogP contribution < -0.4 is 4.74 Å². The average molecular weight is 301 g/mol. The Balaban J connectivity index is 2.54. The molecule has 3 nitrogen and oxygen atoms in total. The Labute approximate surface area is 119 Å². The maximum absolute atomic E-state index is 11.3. The molecule has 0 N–H and O–H groups in total. The summed E-state index contributed by atoms with van der Waals surface area (Å²) in [5.41, 5.74) is 0.765. The Bertz CT molecular complexity index is 556. The van der Waals surface area contributed by atoms with Crippen molar-refractivity contribution in [1.82, 2.24) is 0 Å². The monoisotopic (exact) mass is 300 g/mol. The minimum absolute atomic E-state index is 0.152. The lowest BCUT2D eigenvalue weighted by Gasteiger charge is -2.08. The molecule has 0 spiro atoms. The second-order valence-electron chi connectivity index (χ2n) is 3.87. The first kappa shape index (κ1) is 15.9. The third kappa shape index (κ3) is 6.00. The Morgan fingerprint density at radius 2 is 2.05 bits per heavy atom. The summed E-state index contributed by atoms with van der Waals surface area (Å²) in [6.07, 6.45) is 0.480. The molecule has 0 saturated carbocycles. The molecule has 0 fully saturated rings. The molecule has 0 unspecified atom stereocenters. The van der Waals surface area contributed by atoms with Gasteiger partial charge in [-0.2, -0.15) is 0 Å². The van der Waals surface area contributed by atoms with Crippen LogP contribution in [0.25, 0.3) is 0 Å². The topological polar surface area (TPSA) is 43.4 Å². The number of benzene rings is 1. The van der Waals surface area contributed by atoms with E-state index in [1.54, 1.807) is 6.92 Å². The Morgan fingerprint density at radius 1 is 1.32 bits per heavy atom. The Kier molecular flexibility index (Phi) is 6.75. The number of hydrogen-bond donors (Lipinski definition) is 0. The van der Waals surface area contributed by atoms with Gasteiger partial charge in [0.2, 0.25) is 0 Å². The highest BCUT2D eigenvalue weighted by Gasteiger charge is 2.07. The number of para-hydroxylation sites is 1. The van der Waals surface area contributed by atoms with Crippen molar-refractivity contribution in [2.45, 2.75) is 13.3 Å². The zero-order chi connectivity index (χ0) is 14.1. The van der Waals surface area contributed by atoms with Crippen LogP contribution >= 0.6 is 11.6 Å². The van der Waals surface area contributed by atoms with Gasteiger partial charge in [-0.25, -0.2) is 8.42 Å². The van der Waals surface area contributed by atoms with E-state index in [2.05, 4.69) is 11.8 Å². The van der Waals surface area contributed by atoms with Crippen LogP contribution in [-0.4, -0.2) is 32.4 Å². The van der Waals surface area contributed by atoms with Crippen molar-refractivity contribution in [3.63, 3.8) is 0 Å². The van der Waals surface area contributed by atoms with Crippen molar-refractivity contribution in [2.75, 3.05) is 24.0 Å². The van der Waals surface area contributed by atoms with E-state index < -0.39 is 9.84 Å². The molecule has 0 aromatic heterocycles. The van der Waals surface area contributed by atoms with Crippen molar-refractivity contribution >= 4 is 21.4 Å². The second-order valence-corrected chi connectivity index (χ2v) is 6.61. The highest BCUT2D eigenvalue weighted by Crippen LogP contribution is 2.16. The first-order chi connectivity index (χ1) is 9.09. The lowest BCUT2D eigenvalue weighted by molar-refractivity contribution is 0.317. The molecule has 0 radical (unpaired) electrons. The minimum atomic E-state index is -2.92. The zero-order valence-corrected chi connectivity index (χ0v) is 12.4. The van der Waals surface area contributed by atoms with Crippen molar-refractivity contribution in [1.29, 1.82) is 0 Å². The van der Waals surface area contributed by atoms with E-state index in [1.807, 2.05) is 24.3 Å². The van der Waals surface area contributed by atoms with Gasteiger partial charge >= 0.3 is 0 Å². The van der Waals surface area contributed by atoms with E-state index >= 15 is 0 Å². The molecular formula is C14H17ClO3S. The van der Waals surface area contributed by atoms with Crippen molar-refractivity contribution < 1.29 is 13.2 Å². The Morgan fingerprint density at radius 3 is 2.74 bits per heavy atom. The molecule has 0 aliphatic heterocycles. The highest BCUT2D eigenvalue weighted by molar-refractivity contribution is 7.91. The van der Waals surface area contributed by atoms with Gasteiger partial charge in [0, 0.05) is 5.75 Å². The van der Waals surface area contributed by atoms with Crippen LogP contribution in [0.3, 0.4) is 0 Å². The number of ether oxygens (including phenoxy) is 1. The van der Waals surface area contributed by atoms with Crippen LogP contribution in [0.5, 0.6) is 5.75 Å².